The van der Waals surface area contributed by atoms with Crippen LogP contribution in [0.3, 0.4) is 0 Å². The molecule has 6 heteroatoms. The lowest BCUT2D eigenvalue weighted by atomic mass is 9.96. The van der Waals surface area contributed by atoms with E-state index in [0.717, 1.165) is 12.8 Å². The maximum absolute atomic E-state index is 11.1. The first-order valence-corrected chi connectivity index (χ1v) is 8.89. The summed E-state index contributed by atoms with van der Waals surface area (Å²) in [5.41, 5.74) is 0. The van der Waals surface area contributed by atoms with E-state index in [1.165, 1.54) is 38.5 Å². The van der Waals surface area contributed by atoms with Crippen molar-refractivity contribution in [3.63, 3.8) is 0 Å². The topological polar surface area (TPSA) is 74.6 Å². The Morgan fingerprint density at radius 2 is 1.36 bits per heavy atom. The average molecular weight is 355 g/mol. The van der Waals surface area contributed by atoms with Crippen LogP contribution in [0.1, 0.15) is 77.6 Å². The standard InChI is InChI=1S/C16H28Cl2O4/c1-2-3-4-5-6-7-8-9-10-11-16(17,18)13(15(21)22)12-14(19)20/h13H,2-12H2,1H3,(H,19,20)(H,21,22). The van der Waals surface area contributed by atoms with Crippen molar-refractivity contribution in [1.82, 2.24) is 0 Å². The van der Waals surface area contributed by atoms with Crippen LogP contribution in [0.4, 0.5) is 0 Å². The molecule has 0 aliphatic carbocycles. The summed E-state index contributed by atoms with van der Waals surface area (Å²) in [6.45, 7) is 2.19. The number of carboxylic acid groups (broad SMARTS) is 2. The van der Waals surface area contributed by atoms with Crippen molar-refractivity contribution in [1.29, 1.82) is 0 Å². The van der Waals surface area contributed by atoms with Gasteiger partial charge in [-0.15, -0.1) is 23.2 Å². The summed E-state index contributed by atoms with van der Waals surface area (Å²) in [7, 11) is 0. The van der Waals surface area contributed by atoms with Crippen LogP contribution >= 0.6 is 23.2 Å². The van der Waals surface area contributed by atoms with Crippen LogP contribution < -0.4 is 0 Å². The Morgan fingerprint density at radius 3 is 1.77 bits per heavy atom. The Kier molecular flexibility index (Phi) is 11.7. The fourth-order valence-corrected chi connectivity index (χ4v) is 3.05. The maximum atomic E-state index is 11.1. The van der Waals surface area contributed by atoms with E-state index in [9.17, 15) is 9.59 Å². The summed E-state index contributed by atoms with van der Waals surface area (Å²) in [5.74, 6) is -3.74. The van der Waals surface area contributed by atoms with Crippen LogP contribution in [0.5, 0.6) is 0 Å². The molecule has 0 aliphatic rings. The molecule has 0 spiro atoms. The summed E-state index contributed by atoms with van der Waals surface area (Å²) in [6.07, 6.45) is 9.96. The lowest BCUT2D eigenvalue weighted by molar-refractivity contribution is -0.148. The fourth-order valence-electron chi connectivity index (χ4n) is 2.44. The highest BCUT2D eigenvalue weighted by atomic mass is 35.5. The first-order valence-electron chi connectivity index (χ1n) is 8.13. The average Bonchev–Trinajstić information content (AvgIpc) is 2.42. The molecule has 1 atom stereocenters. The zero-order chi connectivity index (χ0) is 17.0. The molecule has 130 valence electrons. The van der Waals surface area contributed by atoms with Crippen molar-refractivity contribution in [3.05, 3.63) is 0 Å². The molecular weight excluding hydrogens is 327 g/mol. The Morgan fingerprint density at radius 1 is 0.909 bits per heavy atom. The van der Waals surface area contributed by atoms with Gasteiger partial charge in [-0.1, -0.05) is 64.7 Å². The molecule has 0 saturated carbocycles. The second-order valence-corrected chi connectivity index (χ2v) is 7.37. The van der Waals surface area contributed by atoms with Gasteiger partial charge in [0.25, 0.3) is 0 Å². The number of carbonyl (C=O) groups is 2. The van der Waals surface area contributed by atoms with Crippen molar-refractivity contribution in [2.45, 2.75) is 81.9 Å². The lowest BCUT2D eigenvalue weighted by Crippen LogP contribution is -2.34. The number of carboxylic acids is 2. The van der Waals surface area contributed by atoms with Crippen molar-refractivity contribution >= 4 is 35.1 Å². The van der Waals surface area contributed by atoms with Gasteiger partial charge in [-0.25, -0.2) is 0 Å². The molecule has 0 aromatic carbocycles. The SMILES string of the molecule is CCCCCCCCCCCC(Cl)(Cl)C(CC(=O)O)C(=O)O. The van der Waals surface area contributed by atoms with Crippen LogP contribution in [0.15, 0.2) is 0 Å². The molecule has 0 heterocycles. The Bertz CT molecular complexity index is 332. The van der Waals surface area contributed by atoms with Gasteiger partial charge in [-0.2, -0.15) is 0 Å². The molecule has 4 nitrogen and oxygen atoms in total. The van der Waals surface area contributed by atoms with Crippen molar-refractivity contribution < 1.29 is 19.8 Å². The van der Waals surface area contributed by atoms with Crippen LogP contribution in [-0.4, -0.2) is 26.5 Å². The van der Waals surface area contributed by atoms with Gasteiger partial charge in [-0.3, -0.25) is 9.59 Å². The molecule has 0 bridgehead atoms. The van der Waals surface area contributed by atoms with E-state index >= 15 is 0 Å². The van der Waals surface area contributed by atoms with Gasteiger partial charge in [0, 0.05) is 0 Å². The molecule has 0 amide bonds. The quantitative estimate of drug-likeness (QED) is 0.329. The summed E-state index contributed by atoms with van der Waals surface area (Å²) in [4.78, 5) is 21.8. The molecule has 0 fully saturated rings. The summed E-state index contributed by atoms with van der Waals surface area (Å²) < 4.78 is -1.52. The minimum absolute atomic E-state index is 0.302. The van der Waals surface area contributed by atoms with Crippen molar-refractivity contribution in [2.75, 3.05) is 0 Å². The highest BCUT2D eigenvalue weighted by Crippen LogP contribution is 2.38. The Balaban J connectivity index is 3.91. The van der Waals surface area contributed by atoms with Gasteiger partial charge in [0.1, 0.15) is 10.3 Å². The van der Waals surface area contributed by atoms with Gasteiger partial charge in [0.15, 0.2) is 0 Å². The lowest BCUT2D eigenvalue weighted by Gasteiger charge is -2.25. The monoisotopic (exact) mass is 354 g/mol. The molecule has 2 N–H and O–H groups in total. The van der Waals surface area contributed by atoms with Crippen molar-refractivity contribution in [3.8, 4) is 0 Å². The Labute approximate surface area is 143 Å². The second kappa shape index (κ2) is 12.0. The van der Waals surface area contributed by atoms with E-state index < -0.39 is 28.6 Å². The zero-order valence-corrected chi connectivity index (χ0v) is 14.8. The number of rotatable bonds is 14. The van der Waals surface area contributed by atoms with E-state index in [4.69, 9.17) is 33.4 Å². The first-order chi connectivity index (χ1) is 10.3. The van der Waals surface area contributed by atoms with E-state index in [0.29, 0.717) is 12.8 Å². The third-order valence-electron chi connectivity index (χ3n) is 3.80. The molecule has 0 saturated heterocycles. The Hall–Kier alpha value is -0.480. The highest BCUT2D eigenvalue weighted by molar-refractivity contribution is 6.49. The van der Waals surface area contributed by atoms with E-state index in [1.807, 2.05) is 0 Å². The fraction of sp³-hybridized carbons (Fsp3) is 0.875. The van der Waals surface area contributed by atoms with Crippen LogP contribution in [-0.2, 0) is 9.59 Å². The third kappa shape index (κ3) is 10.3. The van der Waals surface area contributed by atoms with E-state index in [1.54, 1.807) is 0 Å². The van der Waals surface area contributed by atoms with Crippen molar-refractivity contribution in [2.24, 2.45) is 5.92 Å². The van der Waals surface area contributed by atoms with E-state index in [-0.39, 0.29) is 0 Å². The summed E-state index contributed by atoms with van der Waals surface area (Å²) >= 11 is 12.1. The number of hydrogen-bond donors (Lipinski definition) is 2. The number of alkyl halides is 2. The normalized spacial score (nSPS) is 13.0. The molecule has 0 radical (unpaired) electrons. The minimum Gasteiger partial charge on any atom is -0.481 e. The number of halogens is 2. The summed E-state index contributed by atoms with van der Waals surface area (Å²) in [5, 5.41) is 17.8. The van der Waals surface area contributed by atoms with Gasteiger partial charge in [-0.05, 0) is 6.42 Å². The van der Waals surface area contributed by atoms with E-state index in [2.05, 4.69) is 6.92 Å². The molecule has 0 aromatic heterocycles. The van der Waals surface area contributed by atoms with Gasteiger partial charge >= 0.3 is 11.9 Å². The largest absolute Gasteiger partial charge is 0.481 e. The number of hydrogen-bond acceptors (Lipinski definition) is 2. The molecule has 0 aromatic rings. The van der Waals surface area contributed by atoms with Gasteiger partial charge in [0.05, 0.1) is 6.42 Å². The highest BCUT2D eigenvalue weighted by Gasteiger charge is 2.41. The minimum atomic E-state index is -1.52. The first kappa shape index (κ1) is 21.5. The number of aliphatic carboxylic acids is 2. The third-order valence-corrected chi connectivity index (χ3v) is 4.71. The molecule has 1 unspecified atom stereocenters. The molecule has 0 aliphatic heterocycles. The van der Waals surface area contributed by atoms with Gasteiger partial charge < -0.3 is 10.2 Å². The summed E-state index contributed by atoms with van der Waals surface area (Å²) in [6, 6.07) is 0. The van der Waals surface area contributed by atoms with Gasteiger partial charge in [0.2, 0.25) is 0 Å². The molecular formula is C16H28Cl2O4. The molecule has 0 rings (SSSR count). The van der Waals surface area contributed by atoms with Crippen LogP contribution in [0, 0.1) is 5.92 Å². The smallest absolute Gasteiger partial charge is 0.310 e. The number of unbranched alkanes of at least 4 members (excludes halogenated alkanes) is 8. The molecule has 22 heavy (non-hydrogen) atoms. The zero-order valence-electron chi connectivity index (χ0n) is 13.3. The van der Waals surface area contributed by atoms with Crippen LogP contribution in [0.25, 0.3) is 0 Å². The maximum Gasteiger partial charge on any atom is 0.310 e. The predicted octanol–water partition coefficient (Wildman–Crippen LogP) is 5.26. The predicted molar refractivity (Wildman–Crippen MR) is 89.7 cm³/mol. The second-order valence-electron chi connectivity index (χ2n) is 5.83. The van der Waals surface area contributed by atoms with Crippen LogP contribution in [0.2, 0.25) is 0 Å².